The number of hydrogen-bond donors (Lipinski definition) is 3. The van der Waals surface area contributed by atoms with Crippen LogP contribution in [0, 0.1) is 18.3 Å². The predicted octanol–water partition coefficient (Wildman–Crippen LogP) is 3.57. The topological polar surface area (TPSA) is 118 Å². The smallest absolute Gasteiger partial charge is 0.226 e. The molecule has 10 heteroatoms. The Balaban J connectivity index is 1.35. The van der Waals surface area contributed by atoms with Gasteiger partial charge in [-0.25, -0.2) is 9.97 Å². The number of nitrogens with zero attached hydrogens (tertiary/aromatic N) is 6. The number of nitrogens with one attached hydrogen (secondary N) is 3. The third kappa shape index (κ3) is 3.82. The predicted molar refractivity (Wildman–Crippen MR) is 117 cm³/mol. The van der Waals surface area contributed by atoms with E-state index in [1.54, 1.807) is 5.51 Å². The molecule has 3 N–H and O–H groups in total. The number of hydrogen-bond acceptors (Lipinski definition) is 9. The maximum Gasteiger partial charge on any atom is 0.226 e. The lowest BCUT2D eigenvalue weighted by Gasteiger charge is -2.48. The zero-order valence-corrected chi connectivity index (χ0v) is 17.7. The minimum Gasteiger partial charge on any atom is -0.351 e. The van der Waals surface area contributed by atoms with E-state index in [1.165, 1.54) is 30.6 Å². The Bertz CT molecular complexity index is 1050. The van der Waals surface area contributed by atoms with Crippen LogP contribution in [0.1, 0.15) is 44.2 Å². The first kappa shape index (κ1) is 19.2. The average molecular weight is 424 g/mol. The molecular weight excluding hydrogens is 398 g/mol. The highest BCUT2D eigenvalue weighted by Gasteiger charge is 2.38. The molecular formula is C20H25N9S. The van der Waals surface area contributed by atoms with Crippen molar-refractivity contribution in [3.05, 3.63) is 17.3 Å². The Morgan fingerprint density at radius 3 is 2.87 bits per heavy atom. The summed E-state index contributed by atoms with van der Waals surface area (Å²) in [5.41, 5.74) is 3.53. The van der Waals surface area contributed by atoms with Gasteiger partial charge >= 0.3 is 0 Å². The molecule has 156 valence electrons. The van der Waals surface area contributed by atoms with E-state index in [0.29, 0.717) is 42.1 Å². The van der Waals surface area contributed by atoms with Gasteiger partial charge in [-0.3, -0.25) is 10.00 Å². The van der Waals surface area contributed by atoms with E-state index in [0.717, 1.165) is 35.4 Å². The van der Waals surface area contributed by atoms with Gasteiger partial charge in [-0.05, 0) is 32.6 Å². The molecule has 0 aromatic carbocycles. The minimum absolute atomic E-state index is 0.337. The Morgan fingerprint density at radius 1 is 1.30 bits per heavy atom. The standard InChI is InChI=1S/C20H25N9S/c1-12-8-16(28-27-12)24-18-17-19(30-11-22-17)26-20(25-18)23-13-9-14-4-2-5-15(10-13)29(14)7-3-6-21/h8,11,13-15H,2-5,7,9-10H2,1H3,(H3,23,24,25,26,27,28)/t13-,14-,15+. The molecule has 3 aromatic heterocycles. The van der Waals surface area contributed by atoms with Crippen LogP contribution in [0.15, 0.2) is 11.6 Å². The number of nitriles is 1. The van der Waals surface area contributed by atoms with E-state index >= 15 is 0 Å². The molecule has 0 amide bonds. The third-order valence-electron chi connectivity index (χ3n) is 6.09. The van der Waals surface area contributed by atoms with E-state index in [9.17, 15) is 0 Å². The molecule has 0 radical (unpaired) electrons. The summed E-state index contributed by atoms with van der Waals surface area (Å²) in [6.45, 7) is 2.85. The van der Waals surface area contributed by atoms with Crippen LogP contribution < -0.4 is 10.6 Å². The Hall–Kier alpha value is -2.77. The van der Waals surface area contributed by atoms with Gasteiger partial charge in [-0.15, -0.1) is 11.3 Å². The normalized spacial score (nSPS) is 23.9. The summed E-state index contributed by atoms with van der Waals surface area (Å²) in [4.78, 5) is 17.3. The number of thiazole rings is 1. The molecule has 0 spiro atoms. The van der Waals surface area contributed by atoms with Gasteiger partial charge in [0.2, 0.25) is 5.95 Å². The Kier molecular flexibility index (Phi) is 5.23. The molecule has 2 aliphatic rings. The maximum absolute atomic E-state index is 8.99. The van der Waals surface area contributed by atoms with Crippen LogP contribution in [0.5, 0.6) is 0 Å². The van der Waals surface area contributed by atoms with Gasteiger partial charge in [-0.2, -0.15) is 15.3 Å². The molecule has 0 unspecified atom stereocenters. The van der Waals surface area contributed by atoms with E-state index in [1.807, 2.05) is 13.0 Å². The number of anilines is 3. The molecule has 3 aromatic rings. The minimum atomic E-state index is 0.337. The second-order valence-corrected chi connectivity index (χ2v) is 8.99. The summed E-state index contributed by atoms with van der Waals surface area (Å²) < 4.78 is 0. The number of aromatic nitrogens is 5. The van der Waals surface area contributed by atoms with E-state index in [4.69, 9.17) is 15.2 Å². The van der Waals surface area contributed by atoms with Crippen LogP contribution in [0.25, 0.3) is 10.3 Å². The number of rotatable bonds is 6. The van der Waals surface area contributed by atoms with Gasteiger partial charge in [0, 0.05) is 42.9 Å². The summed E-state index contributed by atoms with van der Waals surface area (Å²) in [5, 5.41) is 23.0. The van der Waals surface area contributed by atoms with Crippen molar-refractivity contribution in [1.82, 2.24) is 30.0 Å². The number of piperidine rings is 2. The molecule has 2 saturated heterocycles. The second-order valence-electron chi connectivity index (χ2n) is 8.16. The highest BCUT2D eigenvalue weighted by molar-refractivity contribution is 7.16. The first-order chi connectivity index (χ1) is 14.7. The quantitative estimate of drug-likeness (QED) is 0.551. The largest absolute Gasteiger partial charge is 0.351 e. The first-order valence-electron chi connectivity index (χ1n) is 10.5. The zero-order valence-electron chi connectivity index (χ0n) is 16.9. The molecule has 2 aliphatic heterocycles. The molecule has 3 atom stereocenters. The fourth-order valence-electron chi connectivity index (χ4n) is 4.84. The van der Waals surface area contributed by atoms with Gasteiger partial charge in [0.25, 0.3) is 0 Å². The molecule has 2 bridgehead atoms. The highest BCUT2D eigenvalue weighted by Crippen LogP contribution is 2.35. The number of aromatic amines is 1. The van der Waals surface area contributed by atoms with Crippen LogP contribution in [0.4, 0.5) is 17.6 Å². The fourth-order valence-corrected chi connectivity index (χ4v) is 5.50. The summed E-state index contributed by atoms with van der Waals surface area (Å²) in [6, 6.07) is 5.66. The van der Waals surface area contributed by atoms with Crippen molar-refractivity contribution < 1.29 is 0 Å². The van der Waals surface area contributed by atoms with Gasteiger partial charge in [-0.1, -0.05) is 6.42 Å². The molecule has 0 aliphatic carbocycles. The van der Waals surface area contributed by atoms with Crippen LogP contribution in [-0.2, 0) is 0 Å². The number of fused-ring (bicyclic) bond motifs is 3. The molecule has 5 rings (SSSR count). The van der Waals surface area contributed by atoms with Crippen molar-refractivity contribution in [1.29, 1.82) is 5.26 Å². The average Bonchev–Trinajstić information content (AvgIpc) is 3.35. The van der Waals surface area contributed by atoms with Crippen LogP contribution >= 0.6 is 11.3 Å². The van der Waals surface area contributed by atoms with Gasteiger partial charge in [0.05, 0.1) is 11.6 Å². The van der Waals surface area contributed by atoms with Crippen LogP contribution in [0.3, 0.4) is 0 Å². The van der Waals surface area contributed by atoms with Gasteiger partial charge < -0.3 is 10.6 Å². The number of H-pyrrole nitrogens is 1. The molecule has 2 fully saturated rings. The van der Waals surface area contributed by atoms with Crippen LogP contribution in [-0.4, -0.2) is 54.7 Å². The lowest BCUT2D eigenvalue weighted by molar-refractivity contribution is 0.0369. The summed E-state index contributed by atoms with van der Waals surface area (Å²) in [5.74, 6) is 2.02. The van der Waals surface area contributed by atoms with E-state index < -0.39 is 0 Å². The van der Waals surface area contributed by atoms with E-state index in [-0.39, 0.29) is 0 Å². The van der Waals surface area contributed by atoms with Crippen molar-refractivity contribution >= 4 is 39.3 Å². The van der Waals surface area contributed by atoms with Crippen molar-refractivity contribution in [3.63, 3.8) is 0 Å². The van der Waals surface area contributed by atoms with Gasteiger partial charge in [0.1, 0.15) is 5.52 Å². The molecule has 9 nitrogen and oxygen atoms in total. The number of aryl methyl sites for hydroxylation is 1. The van der Waals surface area contributed by atoms with Crippen LogP contribution in [0.2, 0.25) is 0 Å². The SMILES string of the molecule is Cc1cc(Nc2nc(N[C@@H]3C[C@H]4CCC[C@@H](C3)N4CCC#N)nc3scnc23)n[nH]1. The summed E-state index contributed by atoms with van der Waals surface area (Å²) >= 11 is 1.51. The summed E-state index contributed by atoms with van der Waals surface area (Å²) in [6.07, 6.45) is 6.44. The second kappa shape index (κ2) is 8.16. The fraction of sp³-hybridized carbons (Fsp3) is 0.550. The van der Waals surface area contributed by atoms with Crippen molar-refractivity contribution in [2.75, 3.05) is 17.2 Å². The summed E-state index contributed by atoms with van der Waals surface area (Å²) in [7, 11) is 0. The highest BCUT2D eigenvalue weighted by atomic mass is 32.1. The molecule has 0 saturated carbocycles. The monoisotopic (exact) mass is 423 g/mol. The first-order valence-corrected chi connectivity index (χ1v) is 11.4. The Morgan fingerprint density at radius 2 is 2.13 bits per heavy atom. The lowest BCUT2D eigenvalue weighted by Crippen LogP contribution is -2.55. The van der Waals surface area contributed by atoms with Crippen molar-refractivity contribution in [2.24, 2.45) is 0 Å². The molecule has 5 heterocycles. The van der Waals surface area contributed by atoms with Crippen molar-refractivity contribution in [2.45, 2.75) is 63.6 Å². The van der Waals surface area contributed by atoms with Crippen molar-refractivity contribution in [3.8, 4) is 6.07 Å². The third-order valence-corrected chi connectivity index (χ3v) is 6.81. The molecule has 30 heavy (non-hydrogen) atoms. The zero-order chi connectivity index (χ0) is 20.5. The lowest BCUT2D eigenvalue weighted by atomic mass is 9.81. The van der Waals surface area contributed by atoms with Gasteiger partial charge in [0.15, 0.2) is 16.5 Å². The maximum atomic E-state index is 8.99. The Labute approximate surface area is 178 Å². The van der Waals surface area contributed by atoms with E-state index in [2.05, 4.69) is 36.8 Å².